The van der Waals surface area contributed by atoms with Crippen LogP contribution in [0.3, 0.4) is 0 Å². The SMILES string of the molecule is CCCOc1ccc(CNCCOC)c(OCC)c1. The maximum absolute atomic E-state index is 5.66. The third-order valence-electron chi connectivity index (χ3n) is 2.61. The Morgan fingerprint density at radius 2 is 1.95 bits per heavy atom. The zero-order valence-electron chi connectivity index (χ0n) is 12.2. The standard InChI is InChI=1S/C15H25NO3/c1-4-9-19-14-7-6-13(12-16-8-10-17-3)15(11-14)18-5-2/h6-7,11,16H,4-5,8-10,12H2,1-3H3. The second kappa shape index (κ2) is 9.64. The van der Waals surface area contributed by atoms with Crippen molar-refractivity contribution >= 4 is 0 Å². The number of nitrogens with one attached hydrogen (secondary N) is 1. The Balaban J connectivity index is 2.62. The first-order chi connectivity index (χ1) is 9.31. The predicted octanol–water partition coefficient (Wildman–Crippen LogP) is 2.61. The van der Waals surface area contributed by atoms with Crippen LogP contribution in [0.25, 0.3) is 0 Å². The van der Waals surface area contributed by atoms with E-state index in [1.165, 1.54) is 0 Å². The molecular weight excluding hydrogens is 242 g/mol. The van der Waals surface area contributed by atoms with Crippen molar-refractivity contribution in [3.63, 3.8) is 0 Å². The summed E-state index contributed by atoms with van der Waals surface area (Å²) in [4.78, 5) is 0. The van der Waals surface area contributed by atoms with Crippen LogP contribution in [0.2, 0.25) is 0 Å². The third kappa shape index (κ3) is 5.94. The lowest BCUT2D eigenvalue weighted by Gasteiger charge is -2.13. The van der Waals surface area contributed by atoms with Gasteiger partial charge in [-0.3, -0.25) is 0 Å². The van der Waals surface area contributed by atoms with E-state index in [-0.39, 0.29) is 0 Å². The summed E-state index contributed by atoms with van der Waals surface area (Å²) in [5.41, 5.74) is 1.14. The molecule has 0 bridgehead atoms. The summed E-state index contributed by atoms with van der Waals surface area (Å²) in [5.74, 6) is 1.76. The second-order valence-electron chi connectivity index (χ2n) is 4.22. The Labute approximate surface area is 116 Å². The molecule has 0 amide bonds. The first-order valence-electron chi connectivity index (χ1n) is 6.90. The minimum Gasteiger partial charge on any atom is -0.493 e. The van der Waals surface area contributed by atoms with E-state index >= 15 is 0 Å². The van der Waals surface area contributed by atoms with Crippen molar-refractivity contribution in [2.75, 3.05) is 33.5 Å². The molecule has 4 heteroatoms. The Hall–Kier alpha value is -1.26. The van der Waals surface area contributed by atoms with Crippen molar-refractivity contribution in [3.8, 4) is 11.5 Å². The molecule has 0 aliphatic carbocycles. The van der Waals surface area contributed by atoms with Crippen LogP contribution >= 0.6 is 0 Å². The number of benzene rings is 1. The van der Waals surface area contributed by atoms with Crippen LogP contribution in [0.5, 0.6) is 11.5 Å². The van der Waals surface area contributed by atoms with Gasteiger partial charge in [0, 0.05) is 31.8 Å². The first-order valence-corrected chi connectivity index (χ1v) is 6.90. The minimum atomic E-state index is 0.655. The van der Waals surface area contributed by atoms with Gasteiger partial charge in [0.2, 0.25) is 0 Å². The Morgan fingerprint density at radius 3 is 2.63 bits per heavy atom. The largest absolute Gasteiger partial charge is 0.493 e. The van der Waals surface area contributed by atoms with E-state index in [2.05, 4.69) is 18.3 Å². The Morgan fingerprint density at radius 1 is 1.11 bits per heavy atom. The predicted molar refractivity (Wildman–Crippen MR) is 77.0 cm³/mol. The molecule has 0 saturated heterocycles. The topological polar surface area (TPSA) is 39.7 Å². The van der Waals surface area contributed by atoms with Gasteiger partial charge in [-0.1, -0.05) is 13.0 Å². The molecule has 1 aromatic rings. The highest BCUT2D eigenvalue weighted by Crippen LogP contribution is 2.25. The van der Waals surface area contributed by atoms with E-state index in [0.29, 0.717) is 13.2 Å². The molecule has 0 heterocycles. The van der Waals surface area contributed by atoms with Crippen LogP contribution in [-0.4, -0.2) is 33.5 Å². The van der Waals surface area contributed by atoms with Crippen LogP contribution < -0.4 is 14.8 Å². The van der Waals surface area contributed by atoms with Crippen LogP contribution in [0.4, 0.5) is 0 Å². The fourth-order valence-electron chi connectivity index (χ4n) is 1.68. The molecule has 0 aromatic heterocycles. The van der Waals surface area contributed by atoms with E-state index in [0.717, 1.165) is 43.2 Å². The van der Waals surface area contributed by atoms with E-state index in [1.807, 2.05) is 19.1 Å². The van der Waals surface area contributed by atoms with Crippen molar-refractivity contribution in [1.29, 1.82) is 0 Å². The second-order valence-corrected chi connectivity index (χ2v) is 4.22. The number of rotatable bonds is 10. The molecular formula is C15H25NO3. The highest BCUT2D eigenvalue weighted by Gasteiger charge is 2.05. The lowest BCUT2D eigenvalue weighted by atomic mass is 10.2. The van der Waals surface area contributed by atoms with Gasteiger partial charge < -0.3 is 19.5 Å². The summed E-state index contributed by atoms with van der Waals surface area (Å²) in [6, 6.07) is 6.01. The molecule has 0 spiro atoms. The number of methoxy groups -OCH3 is 1. The molecule has 0 fully saturated rings. The van der Waals surface area contributed by atoms with Gasteiger partial charge in [-0.2, -0.15) is 0 Å². The number of ether oxygens (including phenoxy) is 3. The zero-order valence-corrected chi connectivity index (χ0v) is 12.2. The number of hydrogen-bond donors (Lipinski definition) is 1. The van der Waals surface area contributed by atoms with Gasteiger partial charge in [-0.15, -0.1) is 0 Å². The van der Waals surface area contributed by atoms with Crippen LogP contribution in [0, 0.1) is 0 Å². The molecule has 1 rings (SSSR count). The molecule has 0 radical (unpaired) electrons. The fourth-order valence-corrected chi connectivity index (χ4v) is 1.68. The van der Waals surface area contributed by atoms with E-state index < -0.39 is 0 Å². The molecule has 108 valence electrons. The highest BCUT2D eigenvalue weighted by atomic mass is 16.5. The van der Waals surface area contributed by atoms with Crippen LogP contribution in [0.1, 0.15) is 25.8 Å². The lowest BCUT2D eigenvalue weighted by Crippen LogP contribution is -2.19. The maximum Gasteiger partial charge on any atom is 0.127 e. The third-order valence-corrected chi connectivity index (χ3v) is 2.61. The first kappa shape index (κ1) is 15.8. The molecule has 19 heavy (non-hydrogen) atoms. The van der Waals surface area contributed by atoms with Crippen molar-refractivity contribution in [3.05, 3.63) is 23.8 Å². The summed E-state index contributed by atoms with van der Waals surface area (Å²) in [6.45, 7) is 7.78. The quantitative estimate of drug-likeness (QED) is 0.661. The minimum absolute atomic E-state index is 0.655. The van der Waals surface area contributed by atoms with Gasteiger partial charge in [0.1, 0.15) is 11.5 Å². The molecule has 1 aromatic carbocycles. The van der Waals surface area contributed by atoms with Gasteiger partial charge in [-0.25, -0.2) is 0 Å². The van der Waals surface area contributed by atoms with Gasteiger partial charge >= 0.3 is 0 Å². The van der Waals surface area contributed by atoms with Crippen molar-refractivity contribution in [1.82, 2.24) is 5.32 Å². The molecule has 4 nitrogen and oxygen atoms in total. The molecule has 0 unspecified atom stereocenters. The Kier molecular flexibility index (Phi) is 8.02. The van der Waals surface area contributed by atoms with Gasteiger partial charge in [0.15, 0.2) is 0 Å². The van der Waals surface area contributed by atoms with E-state index in [1.54, 1.807) is 7.11 Å². The van der Waals surface area contributed by atoms with Crippen LogP contribution in [-0.2, 0) is 11.3 Å². The summed E-state index contributed by atoms with van der Waals surface area (Å²) in [7, 11) is 1.70. The highest BCUT2D eigenvalue weighted by molar-refractivity contribution is 5.40. The normalized spacial score (nSPS) is 10.5. The average Bonchev–Trinajstić information content (AvgIpc) is 2.43. The maximum atomic E-state index is 5.66. The monoisotopic (exact) mass is 267 g/mol. The van der Waals surface area contributed by atoms with E-state index in [9.17, 15) is 0 Å². The molecule has 1 N–H and O–H groups in total. The summed E-state index contributed by atoms with van der Waals surface area (Å²) < 4.78 is 16.3. The van der Waals surface area contributed by atoms with E-state index in [4.69, 9.17) is 14.2 Å². The van der Waals surface area contributed by atoms with Crippen molar-refractivity contribution in [2.24, 2.45) is 0 Å². The van der Waals surface area contributed by atoms with Gasteiger partial charge in [-0.05, 0) is 19.4 Å². The zero-order chi connectivity index (χ0) is 13.9. The molecule has 0 aliphatic rings. The van der Waals surface area contributed by atoms with Crippen LogP contribution in [0.15, 0.2) is 18.2 Å². The average molecular weight is 267 g/mol. The molecule has 0 atom stereocenters. The Bertz CT molecular complexity index is 355. The summed E-state index contributed by atoms with van der Waals surface area (Å²) in [6.07, 6.45) is 1.00. The number of hydrogen-bond acceptors (Lipinski definition) is 4. The summed E-state index contributed by atoms with van der Waals surface area (Å²) in [5, 5.41) is 3.32. The van der Waals surface area contributed by atoms with Gasteiger partial charge in [0.25, 0.3) is 0 Å². The lowest BCUT2D eigenvalue weighted by molar-refractivity contribution is 0.199. The summed E-state index contributed by atoms with van der Waals surface area (Å²) >= 11 is 0. The fraction of sp³-hybridized carbons (Fsp3) is 0.600. The van der Waals surface area contributed by atoms with Crippen molar-refractivity contribution < 1.29 is 14.2 Å². The molecule has 0 saturated carbocycles. The molecule has 0 aliphatic heterocycles. The van der Waals surface area contributed by atoms with Gasteiger partial charge in [0.05, 0.1) is 19.8 Å². The van der Waals surface area contributed by atoms with Crippen molar-refractivity contribution in [2.45, 2.75) is 26.8 Å². The smallest absolute Gasteiger partial charge is 0.127 e.